The van der Waals surface area contributed by atoms with Crippen LogP contribution in [0.2, 0.25) is 0 Å². The molecule has 4 heteroatoms. The molecule has 0 aromatic rings. The number of ketones is 1. The first-order valence-electron chi connectivity index (χ1n) is 4.63. The van der Waals surface area contributed by atoms with Crippen molar-refractivity contribution in [2.75, 3.05) is 27.2 Å². The third kappa shape index (κ3) is 7.49. The Hall–Kier alpha value is -1.16. The fourth-order valence-corrected chi connectivity index (χ4v) is 0.846. The van der Waals surface area contributed by atoms with E-state index in [-0.39, 0.29) is 24.5 Å². The largest absolute Gasteiger partial charge is 0.355 e. The van der Waals surface area contributed by atoms with Gasteiger partial charge in [0.2, 0.25) is 5.91 Å². The molecular weight excluding hydrogens is 180 g/mol. The second kappa shape index (κ2) is 7.26. The summed E-state index contributed by atoms with van der Waals surface area (Å²) in [7, 11) is 3.88. The lowest BCUT2D eigenvalue weighted by molar-refractivity contribution is -0.123. The van der Waals surface area contributed by atoms with Gasteiger partial charge in [0.25, 0.3) is 0 Å². The van der Waals surface area contributed by atoms with Gasteiger partial charge in [0.05, 0.1) is 0 Å². The van der Waals surface area contributed by atoms with Crippen LogP contribution in [-0.2, 0) is 9.59 Å². The maximum absolute atomic E-state index is 11.1. The van der Waals surface area contributed by atoms with Crippen molar-refractivity contribution in [1.82, 2.24) is 10.2 Å². The molecule has 0 unspecified atom stereocenters. The lowest BCUT2D eigenvalue weighted by atomic mass is 10.2. The van der Waals surface area contributed by atoms with Gasteiger partial charge in [-0.25, -0.2) is 0 Å². The van der Waals surface area contributed by atoms with Gasteiger partial charge in [-0.3, -0.25) is 9.59 Å². The summed E-state index contributed by atoms with van der Waals surface area (Å²) in [6, 6.07) is 0. The first kappa shape index (κ1) is 12.8. The first-order chi connectivity index (χ1) is 6.56. The SMILES string of the molecule is C=CC(=O)CCC(=O)NCCN(C)C. The highest BCUT2D eigenvalue weighted by Crippen LogP contribution is 1.91. The molecule has 0 aliphatic heterocycles. The molecule has 0 heterocycles. The summed E-state index contributed by atoms with van der Waals surface area (Å²) in [5.74, 6) is -0.171. The summed E-state index contributed by atoms with van der Waals surface area (Å²) in [6.45, 7) is 4.76. The number of nitrogens with one attached hydrogen (secondary N) is 1. The number of hydrogen-bond donors (Lipinski definition) is 1. The van der Waals surface area contributed by atoms with Crippen LogP contribution in [0, 0.1) is 0 Å². The molecule has 0 aromatic carbocycles. The maximum atomic E-state index is 11.1. The first-order valence-corrected chi connectivity index (χ1v) is 4.63. The van der Waals surface area contributed by atoms with E-state index in [9.17, 15) is 9.59 Å². The smallest absolute Gasteiger partial charge is 0.220 e. The minimum Gasteiger partial charge on any atom is -0.355 e. The maximum Gasteiger partial charge on any atom is 0.220 e. The van der Waals surface area contributed by atoms with Crippen LogP contribution in [0.4, 0.5) is 0 Å². The molecule has 0 bridgehead atoms. The molecule has 0 saturated carbocycles. The standard InChI is InChI=1S/C10H18N2O2/c1-4-9(13)5-6-10(14)11-7-8-12(2)3/h4H,1,5-8H2,2-3H3,(H,11,14). The second-order valence-corrected chi connectivity index (χ2v) is 3.32. The third-order valence-electron chi connectivity index (χ3n) is 1.71. The third-order valence-corrected chi connectivity index (χ3v) is 1.71. The highest BCUT2D eigenvalue weighted by molar-refractivity contribution is 5.92. The molecule has 1 N–H and O–H groups in total. The highest BCUT2D eigenvalue weighted by Gasteiger charge is 2.03. The van der Waals surface area contributed by atoms with E-state index in [0.29, 0.717) is 6.54 Å². The average Bonchev–Trinajstić information content (AvgIpc) is 2.13. The minimum atomic E-state index is -0.0900. The van der Waals surface area contributed by atoms with Gasteiger partial charge in [-0.05, 0) is 20.2 Å². The molecule has 0 rings (SSSR count). The molecule has 0 saturated heterocycles. The van der Waals surface area contributed by atoms with Crippen LogP contribution in [0.1, 0.15) is 12.8 Å². The van der Waals surface area contributed by atoms with Gasteiger partial charge in [-0.2, -0.15) is 0 Å². The fourth-order valence-electron chi connectivity index (χ4n) is 0.846. The normalized spacial score (nSPS) is 9.93. The van der Waals surface area contributed by atoms with E-state index in [0.717, 1.165) is 6.54 Å². The summed E-state index contributed by atoms with van der Waals surface area (Å²) in [6.07, 6.45) is 1.74. The Labute approximate surface area is 85.0 Å². The Morgan fingerprint density at radius 3 is 2.50 bits per heavy atom. The summed E-state index contributed by atoms with van der Waals surface area (Å²) in [4.78, 5) is 23.9. The number of amides is 1. The quantitative estimate of drug-likeness (QED) is 0.594. The number of likely N-dealkylation sites (N-methyl/N-ethyl adjacent to an activating group) is 1. The van der Waals surface area contributed by atoms with Crippen LogP contribution in [0.25, 0.3) is 0 Å². The summed E-state index contributed by atoms with van der Waals surface area (Å²) < 4.78 is 0. The number of nitrogens with zero attached hydrogens (tertiary/aromatic N) is 1. The Balaban J connectivity index is 3.46. The van der Waals surface area contributed by atoms with E-state index in [1.165, 1.54) is 6.08 Å². The van der Waals surface area contributed by atoms with E-state index in [4.69, 9.17) is 0 Å². The van der Waals surface area contributed by atoms with Crippen molar-refractivity contribution in [1.29, 1.82) is 0 Å². The fraction of sp³-hybridized carbons (Fsp3) is 0.600. The molecule has 0 spiro atoms. The van der Waals surface area contributed by atoms with E-state index < -0.39 is 0 Å². The van der Waals surface area contributed by atoms with Gasteiger partial charge in [-0.15, -0.1) is 0 Å². The molecule has 0 atom stereocenters. The second-order valence-electron chi connectivity index (χ2n) is 3.32. The number of carbonyl (C=O) groups excluding carboxylic acids is 2. The van der Waals surface area contributed by atoms with Crippen molar-refractivity contribution < 1.29 is 9.59 Å². The van der Waals surface area contributed by atoms with Gasteiger partial charge in [0, 0.05) is 25.9 Å². The minimum absolute atomic E-state index is 0.0814. The molecule has 0 aromatic heterocycles. The van der Waals surface area contributed by atoms with Crippen molar-refractivity contribution in [3.05, 3.63) is 12.7 Å². The lowest BCUT2D eigenvalue weighted by Crippen LogP contribution is -2.31. The van der Waals surface area contributed by atoms with Crippen molar-refractivity contribution in [3.63, 3.8) is 0 Å². The molecule has 4 nitrogen and oxygen atoms in total. The lowest BCUT2D eigenvalue weighted by Gasteiger charge is -2.09. The zero-order valence-corrected chi connectivity index (χ0v) is 8.88. The van der Waals surface area contributed by atoms with E-state index in [1.54, 1.807) is 0 Å². The average molecular weight is 198 g/mol. The molecule has 1 amide bonds. The van der Waals surface area contributed by atoms with Crippen molar-refractivity contribution in [2.24, 2.45) is 0 Å². The van der Waals surface area contributed by atoms with Gasteiger partial charge in [0.15, 0.2) is 5.78 Å². The molecular formula is C10H18N2O2. The monoisotopic (exact) mass is 198 g/mol. The highest BCUT2D eigenvalue weighted by atomic mass is 16.2. The number of hydrogen-bond acceptors (Lipinski definition) is 3. The predicted molar refractivity (Wildman–Crippen MR) is 56.0 cm³/mol. The molecule has 0 fully saturated rings. The number of allylic oxidation sites excluding steroid dienone is 1. The van der Waals surface area contributed by atoms with Gasteiger partial charge < -0.3 is 10.2 Å². The summed E-state index contributed by atoms with van der Waals surface area (Å²) in [5.41, 5.74) is 0. The molecule has 0 aliphatic rings. The number of carbonyl (C=O) groups is 2. The van der Waals surface area contributed by atoms with Crippen molar-refractivity contribution >= 4 is 11.7 Å². The Morgan fingerprint density at radius 2 is 2.00 bits per heavy atom. The van der Waals surface area contributed by atoms with Crippen LogP contribution < -0.4 is 5.32 Å². The summed E-state index contributed by atoms with van der Waals surface area (Å²) in [5, 5.41) is 2.73. The zero-order chi connectivity index (χ0) is 11.0. The number of rotatable bonds is 7. The zero-order valence-electron chi connectivity index (χ0n) is 8.88. The Kier molecular flexibility index (Phi) is 6.66. The van der Waals surface area contributed by atoms with Crippen LogP contribution in [0.15, 0.2) is 12.7 Å². The van der Waals surface area contributed by atoms with Crippen molar-refractivity contribution in [3.8, 4) is 0 Å². The van der Waals surface area contributed by atoms with Gasteiger partial charge in [0.1, 0.15) is 0 Å². The predicted octanol–water partition coefficient (Wildman–Crippen LogP) is 0.199. The van der Waals surface area contributed by atoms with Crippen LogP contribution in [0.5, 0.6) is 0 Å². The van der Waals surface area contributed by atoms with Gasteiger partial charge >= 0.3 is 0 Å². The molecule has 80 valence electrons. The molecule has 0 aliphatic carbocycles. The molecule has 0 radical (unpaired) electrons. The van der Waals surface area contributed by atoms with Crippen LogP contribution in [0.3, 0.4) is 0 Å². The topological polar surface area (TPSA) is 49.4 Å². The van der Waals surface area contributed by atoms with Gasteiger partial charge in [-0.1, -0.05) is 6.58 Å². The molecule has 14 heavy (non-hydrogen) atoms. The van der Waals surface area contributed by atoms with E-state index in [2.05, 4.69) is 11.9 Å². The van der Waals surface area contributed by atoms with E-state index >= 15 is 0 Å². The Morgan fingerprint density at radius 1 is 1.36 bits per heavy atom. The Bertz CT molecular complexity index is 212. The van der Waals surface area contributed by atoms with Crippen LogP contribution in [-0.4, -0.2) is 43.8 Å². The van der Waals surface area contributed by atoms with Crippen LogP contribution >= 0.6 is 0 Å². The summed E-state index contributed by atoms with van der Waals surface area (Å²) >= 11 is 0. The van der Waals surface area contributed by atoms with Crippen molar-refractivity contribution in [2.45, 2.75) is 12.8 Å². The van der Waals surface area contributed by atoms with E-state index in [1.807, 2.05) is 19.0 Å².